The molecule has 67 heavy (non-hydrogen) atoms. The first-order valence-corrected chi connectivity index (χ1v) is 21.0. The molecule has 8 aromatic rings. The first kappa shape index (κ1) is 42.3. The van der Waals surface area contributed by atoms with Crippen molar-refractivity contribution in [1.82, 2.24) is 15.0 Å². The predicted octanol–water partition coefficient (Wildman–Crippen LogP) is 14.2. The maximum Gasteiger partial charge on any atom is 0.417 e. The molecule has 0 saturated carbocycles. The highest BCUT2D eigenvalue weighted by Gasteiger charge is 2.41. The molecule has 0 amide bonds. The molecule has 6 nitrogen and oxygen atoms in total. The Bertz CT molecular complexity index is 3290. The molecule has 0 N–H and O–H groups in total. The number of nitrogens with zero attached hydrogens (tertiary/aromatic N) is 6. The SMILES string of the molecule is N#Cc1ccc(C2=CC3C(C=C2)c2ccc(-c4ccc(C#N)cc4)cc2N3c2ccc(-c3nc(-c4ccccc4)nc(-c4ccccc4)n3)c(-c3ccc(C(F)(F)F)cc3C(F)(F)F)c2)cc1. The molecule has 0 radical (unpaired) electrons. The Balaban J connectivity index is 1.22. The zero-order chi connectivity index (χ0) is 46.5. The molecule has 12 heteroatoms. The van der Waals surface area contributed by atoms with Gasteiger partial charge in [0.05, 0.1) is 40.4 Å². The van der Waals surface area contributed by atoms with Crippen LogP contribution >= 0.6 is 0 Å². The van der Waals surface area contributed by atoms with Crippen LogP contribution in [-0.2, 0) is 12.4 Å². The van der Waals surface area contributed by atoms with Crippen molar-refractivity contribution in [3.8, 4) is 68.6 Å². The Hall–Kier alpha value is -8.61. The summed E-state index contributed by atoms with van der Waals surface area (Å²) in [6.07, 6.45) is -4.11. The molecule has 0 spiro atoms. The second kappa shape index (κ2) is 16.7. The van der Waals surface area contributed by atoms with E-state index in [0.29, 0.717) is 34.0 Å². The number of fused-ring (bicyclic) bond motifs is 3. The van der Waals surface area contributed by atoms with Crippen LogP contribution in [0.3, 0.4) is 0 Å². The standard InChI is InChI=1S/C55H32F6N6/c56-54(57,58)41-21-25-43(48(29-41)55(59,60)61)47-30-42(22-26-46(47)53-65-51(37-7-3-1-4-8-37)64-52(66-53)38-9-5-2-6-10-38)67-49-27-39(35-15-11-33(31-62)12-16-35)19-23-44(49)45-24-20-40(28-50(45)67)36-17-13-34(32-63)14-18-36/h1-30,44,49H. The molecule has 2 aliphatic rings. The van der Waals surface area contributed by atoms with Gasteiger partial charge in [-0.15, -0.1) is 0 Å². The summed E-state index contributed by atoms with van der Waals surface area (Å²) in [4.78, 5) is 16.4. The molecule has 7 aromatic carbocycles. The van der Waals surface area contributed by atoms with Crippen LogP contribution in [0.2, 0.25) is 0 Å². The third-order valence-electron chi connectivity index (χ3n) is 12.0. The fourth-order valence-electron chi connectivity index (χ4n) is 8.76. The summed E-state index contributed by atoms with van der Waals surface area (Å²) in [5.74, 6) is 0.263. The molecule has 1 aliphatic carbocycles. The van der Waals surface area contributed by atoms with E-state index in [2.05, 4.69) is 24.3 Å². The van der Waals surface area contributed by atoms with Crippen LogP contribution in [0.5, 0.6) is 0 Å². The number of hydrogen-bond acceptors (Lipinski definition) is 6. The average Bonchev–Trinajstić information content (AvgIpc) is 3.69. The van der Waals surface area contributed by atoms with Gasteiger partial charge in [0, 0.05) is 34.0 Å². The monoisotopic (exact) mass is 890 g/mol. The highest BCUT2D eigenvalue weighted by molar-refractivity contribution is 5.90. The van der Waals surface area contributed by atoms with Crippen LogP contribution < -0.4 is 4.90 Å². The van der Waals surface area contributed by atoms with Crippen LogP contribution in [0.15, 0.2) is 182 Å². The predicted molar refractivity (Wildman–Crippen MR) is 245 cm³/mol. The van der Waals surface area contributed by atoms with Gasteiger partial charge in [-0.3, -0.25) is 0 Å². The van der Waals surface area contributed by atoms with Gasteiger partial charge in [-0.1, -0.05) is 121 Å². The molecular formula is C55H32F6N6. The number of benzene rings is 7. The van der Waals surface area contributed by atoms with E-state index in [1.165, 1.54) is 0 Å². The van der Waals surface area contributed by atoms with Crippen LogP contribution in [-0.4, -0.2) is 21.0 Å². The van der Waals surface area contributed by atoms with E-state index >= 15 is 13.2 Å². The number of rotatable bonds is 7. The first-order chi connectivity index (χ1) is 32.4. The summed E-state index contributed by atoms with van der Waals surface area (Å²) in [7, 11) is 0. The molecular weight excluding hydrogens is 859 g/mol. The van der Waals surface area contributed by atoms with Crippen molar-refractivity contribution in [3.05, 3.63) is 215 Å². The summed E-state index contributed by atoms with van der Waals surface area (Å²) < 4.78 is 88.3. The Morgan fingerprint density at radius 2 is 1.06 bits per heavy atom. The number of halogens is 6. The molecule has 1 aromatic heterocycles. The molecule has 1 aliphatic heterocycles. The van der Waals surface area contributed by atoms with Gasteiger partial charge in [-0.05, 0) is 99.6 Å². The van der Waals surface area contributed by atoms with Gasteiger partial charge in [-0.2, -0.15) is 36.9 Å². The van der Waals surface area contributed by atoms with E-state index in [1.807, 2.05) is 65.6 Å². The molecule has 324 valence electrons. The van der Waals surface area contributed by atoms with Gasteiger partial charge in [0.2, 0.25) is 0 Å². The average molecular weight is 891 g/mol. The summed E-state index contributed by atoms with van der Waals surface area (Å²) in [5.41, 5.74) is 4.32. The molecule has 2 heterocycles. The van der Waals surface area contributed by atoms with E-state index in [-0.39, 0.29) is 40.6 Å². The fourth-order valence-corrected chi connectivity index (χ4v) is 8.76. The number of anilines is 2. The van der Waals surface area contributed by atoms with E-state index in [1.54, 1.807) is 91.0 Å². The van der Waals surface area contributed by atoms with Crippen molar-refractivity contribution >= 4 is 16.9 Å². The van der Waals surface area contributed by atoms with Crippen LogP contribution in [0.4, 0.5) is 37.7 Å². The van der Waals surface area contributed by atoms with Gasteiger partial charge >= 0.3 is 12.4 Å². The number of allylic oxidation sites excluding steroid dienone is 2. The number of aromatic nitrogens is 3. The zero-order valence-corrected chi connectivity index (χ0v) is 34.9. The van der Waals surface area contributed by atoms with E-state index in [9.17, 15) is 23.7 Å². The van der Waals surface area contributed by atoms with Crippen molar-refractivity contribution in [1.29, 1.82) is 10.5 Å². The van der Waals surface area contributed by atoms with Crippen LogP contribution in [0.1, 0.15) is 39.3 Å². The highest BCUT2D eigenvalue weighted by Crippen LogP contribution is 2.52. The maximum absolute atomic E-state index is 15.3. The van der Waals surface area contributed by atoms with Gasteiger partial charge in [0.25, 0.3) is 0 Å². The minimum atomic E-state index is -5.21. The quantitative estimate of drug-likeness (QED) is 0.148. The maximum atomic E-state index is 15.3. The van der Waals surface area contributed by atoms with Crippen LogP contribution in [0.25, 0.3) is 62.0 Å². The Morgan fingerprint density at radius 3 is 1.64 bits per heavy atom. The Labute approximate surface area is 380 Å². The second-order valence-corrected chi connectivity index (χ2v) is 16.0. The molecule has 0 saturated heterocycles. The topological polar surface area (TPSA) is 89.5 Å². The molecule has 10 rings (SSSR count). The molecule has 0 fully saturated rings. The fraction of sp³-hybridized carbons (Fsp3) is 0.0727. The summed E-state index contributed by atoms with van der Waals surface area (Å²) in [6, 6.07) is 48.7. The zero-order valence-electron chi connectivity index (χ0n) is 34.9. The van der Waals surface area contributed by atoms with Crippen molar-refractivity contribution in [2.75, 3.05) is 4.90 Å². The first-order valence-electron chi connectivity index (χ1n) is 21.0. The minimum Gasteiger partial charge on any atom is -0.333 e. The van der Waals surface area contributed by atoms with Crippen molar-refractivity contribution < 1.29 is 26.3 Å². The lowest BCUT2D eigenvalue weighted by atomic mass is 9.86. The van der Waals surface area contributed by atoms with E-state index in [0.717, 1.165) is 39.6 Å². The Morgan fingerprint density at radius 1 is 0.493 bits per heavy atom. The van der Waals surface area contributed by atoms with E-state index < -0.39 is 35.1 Å². The normalized spacial score (nSPS) is 15.3. The lowest BCUT2D eigenvalue weighted by Crippen LogP contribution is -2.29. The lowest BCUT2D eigenvalue weighted by molar-refractivity contribution is -0.142. The minimum absolute atomic E-state index is 0.00803. The van der Waals surface area contributed by atoms with Gasteiger partial charge in [0.1, 0.15) is 0 Å². The smallest absolute Gasteiger partial charge is 0.333 e. The molecule has 2 unspecified atom stereocenters. The summed E-state index contributed by atoms with van der Waals surface area (Å²) in [5, 5.41) is 18.9. The van der Waals surface area contributed by atoms with Gasteiger partial charge in [0.15, 0.2) is 17.5 Å². The van der Waals surface area contributed by atoms with Crippen molar-refractivity contribution in [2.45, 2.75) is 24.3 Å². The molecule has 2 atom stereocenters. The largest absolute Gasteiger partial charge is 0.417 e. The number of alkyl halides is 6. The second-order valence-electron chi connectivity index (χ2n) is 16.0. The third kappa shape index (κ3) is 8.11. The number of nitriles is 2. The highest BCUT2D eigenvalue weighted by atomic mass is 19.4. The van der Waals surface area contributed by atoms with E-state index in [4.69, 9.17) is 15.0 Å². The molecule has 0 bridgehead atoms. The summed E-state index contributed by atoms with van der Waals surface area (Å²) in [6.45, 7) is 0. The number of hydrogen-bond donors (Lipinski definition) is 0. The lowest BCUT2D eigenvalue weighted by Gasteiger charge is -2.31. The van der Waals surface area contributed by atoms with Crippen molar-refractivity contribution in [3.63, 3.8) is 0 Å². The van der Waals surface area contributed by atoms with Gasteiger partial charge in [-0.25, -0.2) is 15.0 Å². The van der Waals surface area contributed by atoms with Crippen molar-refractivity contribution in [2.24, 2.45) is 0 Å². The Kier molecular flexibility index (Phi) is 10.6. The summed E-state index contributed by atoms with van der Waals surface area (Å²) >= 11 is 0. The van der Waals surface area contributed by atoms with Crippen LogP contribution in [0, 0.1) is 22.7 Å². The third-order valence-corrected chi connectivity index (χ3v) is 12.0. The van der Waals surface area contributed by atoms with Gasteiger partial charge < -0.3 is 4.90 Å².